The maximum Gasteiger partial charge on any atom is 0.242 e. The number of amides is 3. The SMILES string of the molecule is CC(=O)N1CCN(C(=O)CN2C(=O)CS[C@@H](c3cccc(C)c3)c3c(-c4ccccc4)nn(-c4cccc(C)c4)c32)CC1. The maximum absolute atomic E-state index is 14.0. The first-order valence-electron chi connectivity index (χ1n) is 14.6. The van der Waals surface area contributed by atoms with E-state index in [1.54, 1.807) is 33.4 Å². The molecule has 9 heteroatoms. The Morgan fingerprint density at radius 2 is 1.53 bits per heavy atom. The van der Waals surface area contributed by atoms with Gasteiger partial charge >= 0.3 is 0 Å². The molecule has 0 aliphatic carbocycles. The molecule has 1 saturated heterocycles. The number of hydrogen-bond acceptors (Lipinski definition) is 5. The molecule has 3 amide bonds. The predicted octanol–water partition coefficient (Wildman–Crippen LogP) is 5.02. The minimum absolute atomic E-state index is 0.00847. The third kappa shape index (κ3) is 5.82. The second-order valence-electron chi connectivity index (χ2n) is 11.2. The Morgan fingerprint density at radius 1 is 0.860 bits per heavy atom. The standard InChI is InChI=1S/C34H35N5O3S/c1-23-9-7-13-27(19-23)33-31-32(26-11-5-4-6-12-26)35-39(28-14-8-10-24(2)20-28)34(31)38(30(42)22-43-33)21-29(41)37-17-15-36(16-18-37)25(3)40/h4-14,19-20,33H,15-18,21-22H2,1-3H3/t33-/m0/s1. The average molecular weight is 594 g/mol. The number of carbonyl (C=O) groups excluding carboxylic acids is 3. The number of fused-ring (bicyclic) bond motifs is 1. The van der Waals surface area contributed by atoms with E-state index in [9.17, 15) is 14.4 Å². The lowest BCUT2D eigenvalue weighted by molar-refractivity contribution is -0.137. The highest BCUT2D eigenvalue weighted by molar-refractivity contribution is 8.00. The van der Waals surface area contributed by atoms with Gasteiger partial charge in [-0.25, -0.2) is 4.68 Å². The number of aryl methyl sites for hydroxylation is 2. The molecule has 43 heavy (non-hydrogen) atoms. The van der Waals surface area contributed by atoms with E-state index in [2.05, 4.69) is 25.1 Å². The minimum Gasteiger partial charge on any atom is -0.339 e. The number of rotatable bonds is 5. The predicted molar refractivity (Wildman–Crippen MR) is 170 cm³/mol. The summed E-state index contributed by atoms with van der Waals surface area (Å²) in [6.45, 7) is 7.42. The Hall–Kier alpha value is -4.37. The van der Waals surface area contributed by atoms with Gasteiger partial charge in [0.1, 0.15) is 12.4 Å². The van der Waals surface area contributed by atoms with Crippen LogP contribution in [0.5, 0.6) is 0 Å². The van der Waals surface area contributed by atoms with E-state index in [0.717, 1.165) is 39.2 Å². The number of anilines is 1. The smallest absolute Gasteiger partial charge is 0.242 e. The molecule has 220 valence electrons. The van der Waals surface area contributed by atoms with Gasteiger partial charge in [0, 0.05) is 44.2 Å². The van der Waals surface area contributed by atoms with E-state index in [1.165, 1.54) is 0 Å². The summed E-state index contributed by atoms with van der Waals surface area (Å²) in [7, 11) is 0. The summed E-state index contributed by atoms with van der Waals surface area (Å²) in [5.74, 6) is 0.585. The van der Waals surface area contributed by atoms with Gasteiger partial charge < -0.3 is 9.80 Å². The van der Waals surface area contributed by atoms with Crippen LogP contribution in [0.3, 0.4) is 0 Å². The number of hydrogen-bond donors (Lipinski definition) is 0. The molecular formula is C34H35N5O3S. The lowest BCUT2D eigenvalue weighted by atomic mass is 9.98. The molecule has 3 aromatic carbocycles. The van der Waals surface area contributed by atoms with E-state index < -0.39 is 0 Å². The third-order valence-electron chi connectivity index (χ3n) is 8.10. The van der Waals surface area contributed by atoms with Crippen molar-refractivity contribution >= 4 is 35.3 Å². The highest BCUT2D eigenvalue weighted by Crippen LogP contribution is 2.48. The second-order valence-corrected chi connectivity index (χ2v) is 12.3. The third-order valence-corrected chi connectivity index (χ3v) is 9.35. The van der Waals surface area contributed by atoms with Crippen LogP contribution in [-0.4, -0.2) is 75.8 Å². The summed E-state index contributed by atoms with van der Waals surface area (Å²) >= 11 is 1.57. The molecule has 3 heterocycles. The van der Waals surface area contributed by atoms with Crippen molar-refractivity contribution in [2.24, 2.45) is 0 Å². The van der Waals surface area contributed by atoms with Gasteiger partial charge in [-0.2, -0.15) is 5.10 Å². The Morgan fingerprint density at radius 3 is 2.21 bits per heavy atom. The Balaban J connectivity index is 1.52. The van der Waals surface area contributed by atoms with Crippen molar-refractivity contribution in [3.8, 4) is 16.9 Å². The van der Waals surface area contributed by atoms with Gasteiger partial charge in [-0.3, -0.25) is 19.3 Å². The molecule has 8 nitrogen and oxygen atoms in total. The highest BCUT2D eigenvalue weighted by atomic mass is 32.2. The minimum atomic E-state index is -0.174. The average Bonchev–Trinajstić information content (AvgIpc) is 3.34. The van der Waals surface area contributed by atoms with Gasteiger partial charge in [0.2, 0.25) is 17.7 Å². The molecule has 0 bridgehead atoms. The van der Waals surface area contributed by atoms with Crippen LogP contribution in [0, 0.1) is 13.8 Å². The van der Waals surface area contributed by atoms with Crippen LogP contribution >= 0.6 is 11.8 Å². The Kier molecular flexibility index (Phi) is 8.08. The largest absolute Gasteiger partial charge is 0.339 e. The second kappa shape index (κ2) is 12.1. The molecule has 0 saturated carbocycles. The lowest BCUT2D eigenvalue weighted by Gasteiger charge is -2.35. The molecular weight excluding hydrogens is 558 g/mol. The molecule has 6 rings (SSSR count). The number of aromatic nitrogens is 2. The van der Waals surface area contributed by atoms with Crippen molar-refractivity contribution in [2.45, 2.75) is 26.0 Å². The quantitative estimate of drug-likeness (QED) is 0.325. The van der Waals surface area contributed by atoms with Crippen molar-refractivity contribution in [1.29, 1.82) is 0 Å². The summed E-state index contributed by atoms with van der Waals surface area (Å²) in [5, 5.41) is 5.01. The van der Waals surface area contributed by atoms with Gasteiger partial charge in [0.25, 0.3) is 0 Å². The summed E-state index contributed by atoms with van der Waals surface area (Å²) in [4.78, 5) is 44.8. The van der Waals surface area contributed by atoms with Gasteiger partial charge in [-0.1, -0.05) is 72.3 Å². The van der Waals surface area contributed by atoms with Crippen molar-refractivity contribution in [2.75, 3.05) is 43.4 Å². The number of piperazine rings is 1. The highest BCUT2D eigenvalue weighted by Gasteiger charge is 2.38. The summed E-state index contributed by atoms with van der Waals surface area (Å²) < 4.78 is 1.85. The lowest BCUT2D eigenvalue weighted by Crippen LogP contribution is -2.53. The van der Waals surface area contributed by atoms with Crippen LogP contribution in [0.15, 0.2) is 78.9 Å². The first-order valence-corrected chi connectivity index (χ1v) is 15.6. The van der Waals surface area contributed by atoms with Crippen LogP contribution in [0.4, 0.5) is 5.82 Å². The molecule has 2 aliphatic rings. The zero-order valence-electron chi connectivity index (χ0n) is 24.7. The molecule has 1 aromatic heterocycles. The fraction of sp³-hybridized carbons (Fsp3) is 0.294. The van der Waals surface area contributed by atoms with Crippen molar-refractivity contribution in [3.63, 3.8) is 0 Å². The van der Waals surface area contributed by atoms with Gasteiger partial charge in [0.15, 0.2) is 0 Å². The molecule has 0 N–H and O–H groups in total. The fourth-order valence-corrected chi connectivity index (χ4v) is 7.06. The molecule has 0 unspecified atom stereocenters. The molecule has 0 spiro atoms. The van der Waals surface area contributed by atoms with Crippen molar-refractivity contribution in [3.05, 3.63) is 101 Å². The van der Waals surface area contributed by atoms with E-state index in [-0.39, 0.29) is 35.3 Å². The molecule has 2 aliphatic heterocycles. The Labute approximate surface area is 256 Å². The number of carbonyl (C=O) groups is 3. The number of thioether (sulfide) groups is 1. The van der Waals surface area contributed by atoms with Crippen molar-refractivity contribution < 1.29 is 14.4 Å². The summed E-state index contributed by atoms with van der Waals surface area (Å²) in [6, 6.07) is 26.5. The Bertz CT molecular complexity index is 1680. The topological polar surface area (TPSA) is 78.8 Å². The van der Waals surface area contributed by atoms with Crippen LogP contribution in [0.25, 0.3) is 16.9 Å². The fourth-order valence-electron chi connectivity index (χ4n) is 5.87. The van der Waals surface area contributed by atoms with E-state index in [4.69, 9.17) is 5.10 Å². The maximum atomic E-state index is 14.0. The normalized spacial score (nSPS) is 17.0. The monoisotopic (exact) mass is 593 g/mol. The van der Waals surface area contributed by atoms with Gasteiger partial charge in [-0.05, 0) is 37.1 Å². The zero-order chi connectivity index (χ0) is 30.1. The first kappa shape index (κ1) is 28.7. The van der Waals surface area contributed by atoms with Gasteiger partial charge in [-0.15, -0.1) is 11.8 Å². The molecule has 1 fully saturated rings. The van der Waals surface area contributed by atoms with Gasteiger partial charge in [0.05, 0.1) is 22.4 Å². The number of benzene rings is 3. The molecule has 1 atom stereocenters. The van der Waals surface area contributed by atoms with Crippen molar-refractivity contribution in [1.82, 2.24) is 19.6 Å². The number of nitrogens with zero attached hydrogens (tertiary/aromatic N) is 5. The molecule has 0 radical (unpaired) electrons. The van der Waals surface area contributed by atoms with E-state index in [1.807, 2.05) is 72.3 Å². The van der Waals surface area contributed by atoms with Crippen LogP contribution < -0.4 is 4.90 Å². The summed E-state index contributed by atoms with van der Waals surface area (Å²) in [5.41, 5.74) is 6.78. The zero-order valence-corrected chi connectivity index (χ0v) is 25.5. The van der Waals surface area contributed by atoms with Crippen LogP contribution in [0.1, 0.15) is 34.4 Å². The van der Waals surface area contributed by atoms with Crippen LogP contribution in [0.2, 0.25) is 0 Å². The first-order chi connectivity index (χ1) is 20.8. The molecule has 4 aromatic rings. The van der Waals surface area contributed by atoms with E-state index in [0.29, 0.717) is 32.0 Å². The van der Waals surface area contributed by atoms with Crippen LogP contribution in [-0.2, 0) is 14.4 Å². The summed E-state index contributed by atoms with van der Waals surface area (Å²) in [6.07, 6.45) is 0. The van der Waals surface area contributed by atoms with E-state index >= 15 is 0 Å².